The third-order valence-electron chi connectivity index (χ3n) is 8.05. The summed E-state index contributed by atoms with van der Waals surface area (Å²) < 4.78 is 2.01. The zero-order valence-electron chi connectivity index (χ0n) is 21.0. The Kier molecular flexibility index (Phi) is 5.46. The zero-order valence-corrected chi connectivity index (χ0v) is 21.0. The molecule has 3 heterocycles. The molecule has 0 radical (unpaired) electrons. The lowest BCUT2D eigenvalue weighted by Gasteiger charge is -2.47. The Labute approximate surface area is 215 Å². The minimum Gasteiger partial charge on any atom is -0.387 e. The molecule has 0 saturated carbocycles. The fourth-order valence-electron chi connectivity index (χ4n) is 6.26. The first-order valence-electron chi connectivity index (χ1n) is 12.5. The predicted molar refractivity (Wildman–Crippen MR) is 138 cm³/mol. The average Bonchev–Trinajstić information content (AvgIpc) is 3.32. The van der Waals surface area contributed by atoms with Gasteiger partial charge in [-0.25, -0.2) is 14.6 Å². The summed E-state index contributed by atoms with van der Waals surface area (Å²) in [5, 5.41) is 33.9. The molecule has 0 fully saturated rings. The van der Waals surface area contributed by atoms with Crippen LogP contribution in [0, 0.1) is 30.1 Å². The number of nitriles is 1. The van der Waals surface area contributed by atoms with E-state index < -0.39 is 11.5 Å². The highest BCUT2D eigenvalue weighted by Gasteiger charge is 2.50. The van der Waals surface area contributed by atoms with Gasteiger partial charge in [0.25, 0.3) is 0 Å². The molecule has 0 bridgehead atoms. The molecule has 3 aromatic heterocycles. The number of allylic oxidation sites excluding steroid dienone is 1. The largest absolute Gasteiger partial charge is 0.387 e. The van der Waals surface area contributed by atoms with Gasteiger partial charge in [0.1, 0.15) is 12.0 Å². The number of aryl methyl sites for hydroxylation is 1. The van der Waals surface area contributed by atoms with Gasteiger partial charge >= 0.3 is 0 Å². The van der Waals surface area contributed by atoms with E-state index in [0.717, 1.165) is 58.0 Å². The van der Waals surface area contributed by atoms with Gasteiger partial charge in [-0.2, -0.15) is 20.6 Å². The van der Waals surface area contributed by atoms with Gasteiger partial charge in [0.05, 0.1) is 46.7 Å². The van der Waals surface area contributed by atoms with E-state index in [0.29, 0.717) is 5.57 Å². The number of hydrogen-bond acceptors (Lipinski definition) is 7. The summed E-state index contributed by atoms with van der Waals surface area (Å²) in [4.78, 5) is 8.59. The van der Waals surface area contributed by atoms with Crippen molar-refractivity contribution in [3.8, 4) is 34.3 Å². The first-order valence-corrected chi connectivity index (χ1v) is 12.5. The molecule has 4 atom stereocenters. The third-order valence-corrected chi connectivity index (χ3v) is 8.05. The third kappa shape index (κ3) is 3.66. The van der Waals surface area contributed by atoms with Crippen LogP contribution < -0.4 is 0 Å². The number of fused-ring (bicyclic) bond motifs is 3. The molecule has 2 aliphatic rings. The van der Waals surface area contributed by atoms with E-state index in [4.69, 9.17) is 5.10 Å². The molecular formula is C29H27N7O. The van der Waals surface area contributed by atoms with Crippen molar-refractivity contribution in [3.05, 3.63) is 83.7 Å². The van der Waals surface area contributed by atoms with Crippen LogP contribution in [0.25, 0.3) is 28.2 Å². The Morgan fingerprint density at radius 1 is 1.16 bits per heavy atom. The number of aliphatic hydroxyl groups excluding tert-OH is 1. The van der Waals surface area contributed by atoms with Crippen LogP contribution in [0.5, 0.6) is 0 Å². The smallest absolute Gasteiger partial charge is 0.116 e. The summed E-state index contributed by atoms with van der Waals surface area (Å²) >= 11 is 0. The van der Waals surface area contributed by atoms with Crippen molar-refractivity contribution in [2.45, 2.75) is 45.1 Å². The van der Waals surface area contributed by atoms with Gasteiger partial charge in [0.2, 0.25) is 0 Å². The Morgan fingerprint density at radius 2 is 1.97 bits per heavy atom. The van der Waals surface area contributed by atoms with E-state index in [2.05, 4.69) is 64.3 Å². The number of aliphatic hydroxyl groups is 1. The lowest BCUT2D eigenvalue weighted by atomic mass is 9.57. The average molecular weight is 490 g/mol. The van der Waals surface area contributed by atoms with Crippen LogP contribution in [0.1, 0.15) is 37.2 Å². The standard InChI is InChI=1S/C29H27N7O/c1-17-12-20(15-33-34-17)19-4-6-22(7-5-19)36-28-23(26(35-36)25-10-11-31-16-32-25)8-9-24-18(2)27(37)21(14-30)13-29(24,28)3/h4-7,10-13,15-16,18,24,27,37H,8-9H2,1-3H3/t18-,24-,27?,29-/m1/s1. The second-order valence-electron chi connectivity index (χ2n) is 10.3. The normalized spacial score (nSPS) is 24.5. The molecule has 37 heavy (non-hydrogen) atoms. The van der Waals surface area contributed by atoms with Crippen molar-refractivity contribution in [1.82, 2.24) is 29.9 Å². The lowest BCUT2D eigenvalue weighted by molar-refractivity contribution is 0.0664. The van der Waals surface area contributed by atoms with Crippen LogP contribution in [0.3, 0.4) is 0 Å². The van der Waals surface area contributed by atoms with Gasteiger partial charge in [0, 0.05) is 22.7 Å². The van der Waals surface area contributed by atoms with Crippen LogP contribution in [-0.2, 0) is 11.8 Å². The highest BCUT2D eigenvalue weighted by Crippen LogP contribution is 2.52. The van der Waals surface area contributed by atoms with Crippen LogP contribution in [0.4, 0.5) is 0 Å². The van der Waals surface area contributed by atoms with Crippen LogP contribution in [-0.4, -0.2) is 41.2 Å². The first-order chi connectivity index (χ1) is 17.9. The molecule has 1 N–H and O–H groups in total. The minimum atomic E-state index is -0.751. The predicted octanol–water partition coefficient (Wildman–Crippen LogP) is 4.38. The highest BCUT2D eigenvalue weighted by molar-refractivity contribution is 5.66. The molecule has 2 aliphatic carbocycles. The minimum absolute atomic E-state index is 0.0477. The van der Waals surface area contributed by atoms with E-state index >= 15 is 0 Å². The summed E-state index contributed by atoms with van der Waals surface area (Å²) in [6, 6.07) is 14.4. The molecule has 8 heteroatoms. The van der Waals surface area contributed by atoms with Crippen LogP contribution >= 0.6 is 0 Å². The lowest BCUT2D eigenvalue weighted by Crippen LogP contribution is -2.47. The number of hydrogen-bond donors (Lipinski definition) is 1. The van der Waals surface area contributed by atoms with Crippen LogP contribution in [0.2, 0.25) is 0 Å². The van der Waals surface area contributed by atoms with Crippen molar-refractivity contribution >= 4 is 0 Å². The van der Waals surface area contributed by atoms with Crippen molar-refractivity contribution < 1.29 is 5.11 Å². The number of nitrogens with zero attached hydrogens (tertiary/aromatic N) is 7. The summed E-state index contributed by atoms with van der Waals surface area (Å²) in [5.74, 6) is 0.124. The van der Waals surface area contributed by atoms with Gasteiger partial charge in [-0.15, -0.1) is 0 Å². The van der Waals surface area contributed by atoms with E-state index in [1.807, 2.05) is 29.8 Å². The van der Waals surface area contributed by atoms with E-state index in [1.54, 1.807) is 18.7 Å². The molecule has 4 aromatic rings. The summed E-state index contributed by atoms with van der Waals surface area (Å²) in [5.41, 5.74) is 7.58. The van der Waals surface area contributed by atoms with Gasteiger partial charge in [-0.3, -0.25) is 0 Å². The molecule has 8 nitrogen and oxygen atoms in total. The van der Waals surface area contributed by atoms with Gasteiger partial charge < -0.3 is 5.11 Å². The fraction of sp³-hybridized carbons (Fsp3) is 0.310. The molecule has 0 amide bonds. The Hall–Kier alpha value is -4.22. The first kappa shape index (κ1) is 23.2. The molecule has 0 saturated heterocycles. The molecule has 184 valence electrons. The van der Waals surface area contributed by atoms with Crippen molar-refractivity contribution in [2.75, 3.05) is 0 Å². The molecule has 0 aliphatic heterocycles. The quantitative estimate of drug-likeness (QED) is 0.454. The second-order valence-corrected chi connectivity index (χ2v) is 10.3. The number of aromatic nitrogens is 6. The van der Waals surface area contributed by atoms with Crippen molar-refractivity contribution in [3.63, 3.8) is 0 Å². The number of benzene rings is 1. The maximum Gasteiger partial charge on any atom is 0.116 e. The highest BCUT2D eigenvalue weighted by atomic mass is 16.3. The number of rotatable bonds is 3. The van der Waals surface area contributed by atoms with E-state index in [-0.39, 0.29) is 11.8 Å². The topological polar surface area (TPSA) is 113 Å². The van der Waals surface area contributed by atoms with E-state index in [1.165, 1.54) is 0 Å². The fourth-order valence-corrected chi connectivity index (χ4v) is 6.26. The maximum atomic E-state index is 10.8. The summed E-state index contributed by atoms with van der Waals surface area (Å²) in [7, 11) is 0. The summed E-state index contributed by atoms with van der Waals surface area (Å²) in [6.07, 6.45) is 7.98. The van der Waals surface area contributed by atoms with E-state index in [9.17, 15) is 10.4 Å². The Balaban J connectivity index is 1.55. The van der Waals surface area contributed by atoms with Crippen LogP contribution in [0.15, 0.2) is 66.8 Å². The Morgan fingerprint density at radius 3 is 2.68 bits per heavy atom. The van der Waals surface area contributed by atoms with Gasteiger partial charge in [-0.05, 0) is 61.4 Å². The van der Waals surface area contributed by atoms with Gasteiger partial charge in [0.15, 0.2) is 0 Å². The zero-order chi connectivity index (χ0) is 25.7. The van der Waals surface area contributed by atoms with Crippen molar-refractivity contribution in [2.24, 2.45) is 11.8 Å². The summed E-state index contributed by atoms with van der Waals surface area (Å²) in [6.45, 7) is 6.16. The molecule has 1 unspecified atom stereocenters. The molecular weight excluding hydrogens is 462 g/mol. The SMILES string of the molecule is Cc1cc(-c2ccc(-n3nc(-c4ccncn4)c4c3[C@]3(C)C=C(C#N)C(O)[C@H](C)[C@H]3CC4)cc2)cnn1. The van der Waals surface area contributed by atoms with Crippen molar-refractivity contribution in [1.29, 1.82) is 5.26 Å². The molecule has 1 aromatic carbocycles. The maximum absolute atomic E-state index is 10.8. The second kappa shape index (κ2) is 8.71. The Bertz CT molecular complexity index is 1550. The molecule has 0 spiro atoms. The van der Waals surface area contributed by atoms with Gasteiger partial charge in [-0.1, -0.05) is 32.1 Å². The monoisotopic (exact) mass is 489 g/mol. The molecule has 6 rings (SSSR count).